The van der Waals surface area contributed by atoms with Crippen LogP contribution in [0.1, 0.15) is 39.0 Å². The van der Waals surface area contributed by atoms with Gasteiger partial charge in [0.25, 0.3) is 0 Å². The average molecular weight is 286 g/mol. The van der Waals surface area contributed by atoms with Gasteiger partial charge in [0.1, 0.15) is 0 Å². The van der Waals surface area contributed by atoms with Crippen LogP contribution in [0.4, 0.5) is 5.69 Å². The highest BCUT2D eigenvalue weighted by molar-refractivity contribution is 7.85. The van der Waals surface area contributed by atoms with Crippen LogP contribution in [-0.2, 0) is 10.8 Å². The quantitative estimate of drug-likeness (QED) is 0.853. The third-order valence-corrected chi connectivity index (χ3v) is 6.02. The van der Waals surface area contributed by atoms with Crippen molar-refractivity contribution >= 4 is 28.1 Å². The van der Waals surface area contributed by atoms with Gasteiger partial charge in [0.15, 0.2) is 0 Å². The van der Waals surface area contributed by atoms with Crippen molar-refractivity contribution in [2.24, 2.45) is 5.92 Å². The summed E-state index contributed by atoms with van der Waals surface area (Å²) in [4.78, 5) is 0.716. The van der Waals surface area contributed by atoms with E-state index in [9.17, 15) is 4.21 Å². The normalized spacial score (nSPS) is 25.9. The Bertz CT molecular complexity index is 449. The van der Waals surface area contributed by atoms with E-state index < -0.39 is 10.8 Å². The molecule has 1 aliphatic carbocycles. The van der Waals surface area contributed by atoms with E-state index in [1.807, 2.05) is 0 Å². The zero-order chi connectivity index (χ0) is 13.1. The Morgan fingerprint density at radius 3 is 2.83 bits per heavy atom. The van der Waals surface area contributed by atoms with Gasteiger partial charge in [-0.15, -0.1) is 0 Å². The molecule has 2 rings (SSSR count). The number of benzene rings is 1. The van der Waals surface area contributed by atoms with Crippen molar-refractivity contribution in [1.29, 1.82) is 0 Å². The number of nitrogens with two attached hydrogens (primary N) is 1. The maximum absolute atomic E-state index is 12.7. The number of halogens is 1. The third kappa shape index (κ3) is 2.89. The first kappa shape index (κ1) is 13.9. The first-order valence-electron chi connectivity index (χ1n) is 6.59. The van der Waals surface area contributed by atoms with Crippen LogP contribution >= 0.6 is 11.6 Å². The van der Waals surface area contributed by atoms with Crippen molar-refractivity contribution in [2.75, 3.05) is 5.73 Å². The Morgan fingerprint density at radius 2 is 2.11 bits per heavy atom. The van der Waals surface area contributed by atoms with Crippen LogP contribution < -0.4 is 5.73 Å². The van der Waals surface area contributed by atoms with Crippen molar-refractivity contribution in [3.8, 4) is 0 Å². The van der Waals surface area contributed by atoms with E-state index in [0.717, 1.165) is 12.8 Å². The van der Waals surface area contributed by atoms with Gasteiger partial charge in [0, 0.05) is 16.0 Å². The van der Waals surface area contributed by atoms with Crippen molar-refractivity contribution in [2.45, 2.75) is 49.2 Å². The van der Waals surface area contributed by atoms with E-state index in [1.54, 1.807) is 18.2 Å². The molecule has 4 heteroatoms. The van der Waals surface area contributed by atoms with Crippen LogP contribution in [0, 0.1) is 5.92 Å². The molecule has 1 aromatic rings. The second kappa shape index (κ2) is 6.07. The summed E-state index contributed by atoms with van der Waals surface area (Å²) in [7, 11) is -1.03. The van der Waals surface area contributed by atoms with Crippen LogP contribution in [-0.4, -0.2) is 9.46 Å². The second-order valence-electron chi connectivity index (χ2n) is 4.97. The number of anilines is 1. The minimum atomic E-state index is -1.03. The van der Waals surface area contributed by atoms with Crippen LogP contribution in [0.15, 0.2) is 23.1 Å². The molecular formula is C14H20ClNOS. The Labute approximate surface area is 116 Å². The van der Waals surface area contributed by atoms with Crippen molar-refractivity contribution in [3.05, 3.63) is 23.2 Å². The van der Waals surface area contributed by atoms with E-state index in [0.29, 0.717) is 21.5 Å². The monoisotopic (exact) mass is 285 g/mol. The standard InChI is InChI=1S/C14H20ClNOS/c1-2-10-5-3-4-6-13(10)18(17)14-9-11(15)7-8-12(14)16/h7-10,13H,2-6,16H2,1H3. The van der Waals surface area contributed by atoms with Crippen molar-refractivity contribution in [1.82, 2.24) is 0 Å². The van der Waals surface area contributed by atoms with Gasteiger partial charge in [-0.3, -0.25) is 4.21 Å². The number of hydrogen-bond acceptors (Lipinski definition) is 2. The summed E-state index contributed by atoms with van der Waals surface area (Å²) in [5.74, 6) is 0.554. The van der Waals surface area contributed by atoms with Gasteiger partial charge in [-0.1, -0.05) is 37.8 Å². The van der Waals surface area contributed by atoms with Crippen LogP contribution in [0.5, 0.6) is 0 Å². The lowest BCUT2D eigenvalue weighted by molar-refractivity contribution is 0.355. The highest BCUT2D eigenvalue weighted by atomic mass is 35.5. The van der Waals surface area contributed by atoms with E-state index in [-0.39, 0.29) is 5.25 Å². The molecule has 0 saturated heterocycles. The fraction of sp³-hybridized carbons (Fsp3) is 0.571. The van der Waals surface area contributed by atoms with E-state index in [4.69, 9.17) is 17.3 Å². The van der Waals surface area contributed by atoms with E-state index in [2.05, 4.69) is 6.92 Å². The van der Waals surface area contributed by atoms with Crippen LogP contribution in [0.25, 0.3) is 0 Å². The Morgan fingerprint density at radius 1 is 1.39 bits per heavy atom. The van der Waals surface area contributed by atoms with Gasteiger partial charge in [-0.05, 0) is 37.0 Å². The molecule has 1 aliphatic rings. The molecule has 100 valence electrons. The van der Waals surface area contributed by atoms with Gasteiger partial charge < -0.3 is 5.73 Å². The summed E-state index contributed by atoms with van der Waals surface area (Å²) in [6.07, 6.45) is 5.76. The molecule has 0 bridgehead atoms. The minimum Gasteiger partial charge on any atom is -0.398 e. The largest absolute Gasteiger partial charge is 0.398 e. The van der Waals surface area contributed by atoms with Crippen molar-refractivity contribution in [3.63, 3.8) is 0 Å². The molecule has 1 aromatic carbocycles. The zero-order valence-corrected chi connectivity index (χ0v) is 12.3. The maximum atomic E-state index is 12.7. The maximum Gasteiger partial charge on any atom is 0.0635 e. The SMILES string of the molecule is CCC1CCCCC1S(=O)c1cc(Cl)ccc1N. The van der Waals surface area contributed by atoms with E-state index >= 15 is 0 Å². The summed E-state index contributed by atoms with van der Waals surface area (Å²) < 4.78 is 12.7. The molecule has 1 fully saturated rings. The zero-order valence-electron chi connectivity index (χ0n) is 10.7. The number of nitrogen functional groups attached to an aromatic ring is 1. The number of rotatable bonds is 3. The fourth-order valence-corrected chi connectivity index (χ4v) is 4.93. The summed E-state index contributed by atoms with van der Waals surface area (Å²) in [6.45, 7) is 2.18. The first-order chi connectivity index (χ1) is 8.63. The fourth-order valence-electron chi connectivity index (χ4n) is 2.77. The molecule has 0 amide bonds. The summed E-state index contributed by atoms with van der Waals surface area (Å²) >= 11 is 5.98. The second-order valence-corrected chi connectivity index (χ2v) is 7.05. The predicted molar refractivity (Wildman–Crippen MR) is 78.3 cm³/mol. The van der Waals surface area contributed by atoms with Gasteiger partial charge in [0.2, 0.25) is 0 Å². The lowest BCUT2D eigenvalue weighted by Gasteiger charge is -2.30. The molecule has 2 nitrogen and oxygen atoms in total. The van der Waals surface area contributed by atoms with Gasteiger partial charge in [0.05, 0.1) is 15.7 Å². The first-order valence-corrected chi connectivity index (χ1v) is 8.18. The Balaban J connectivity index is 2.26. The molecule has 3 atom stereocenters. The molecule has 0 spiro atoms. The molecule has 1 saturated carbocycles. The van der Waals surface area contributed by atoms with Gasteiger partial charge >= 0.3 is 0 Å². The molecular weight excluding hydrogens is 266 g/mol. The summed E-state index contributed by atoms with van der Waals surface area (Å²) in [5.41, 5.74) is 6.53. The van der Waals surface area contributed by atoms with E-state index in [1.165, 1.54) is 19.3 Å². The topological polar surface area (TPSA) is 43.1 Å². The minimum absolute atomic E-state index is 0.240. The number of hydrogen-bond donors (Lipinski definition) is 1. The predicted octanol–water partition coefficient (Wildman–Crippen LogP) is 4.00. The van der Waals surface area contributed by atoms with Crippen LogP contribution in [0.2, 0.25) is 5.02 Å². The molecule has 0 heterocycles. The average Bonchev–Trinajstić information content (AvgIpc) is 2.40. The molecule has 0 aliphatic heterocycles. The lowest BCUT2D eigenvalue weighted by Crippen LogP contribution is -2.29. The third-order valence-electron chi connectivity index (χ3n) is 3.83. The lowest BCUT2D eigenvalue weighted by atomic mass is 9.87. The van der Waals surface area contributed by atoms with Crippen molar-refractivity contribution < 1.29 is 4.21 Å². The summed E-state index contributed by atoms with van der Waals surface area (Å²) in [6, 6.07) is 5.25. The Hall–Kier alpha value is -0.540. The molecule has 18 heavy (non-hydrogen) atoms. The highest BCUT2D eigenvalue weighted by Crippen LogP contribution is 2.34. The highest BCUT2D eigenvalue weighted by Gasteiger charge is 2.30. The van der Waals surface area contributed by atoms with Crippen LogP contribution in [0.3, 0.4) is 0 Å². The summed E-state index contributed by atoms with van der Waals surface area (Å²) in [5, 5.41) is 0.848. The van der Waals surface area contributed by atoms with Gasteiger partial charge in [-0.25, -0.2) is 0 Å². The smallest absolute Gasteiger partial charge is 0.0635 e. The molecule has 0 aromatic heterocycles. The molecule has 3 unspecified atom stereocenters. The molecule has 0 radical (unpaired) electrons. The van der Waals surface area contributed by atoms with Gasteiger partial charge in [-0.2, -0.15) is 0 Å². The molecule has 2 N–H and O–H groups in total. The Kier molecular flexibility index (Phi) is 4.68.